The summed E-state index contributed by atoms with van der Waals surface area (Å²) in [7, 11) is 0. The van der Waals surface area contributed by atoms with E-state index in [2.05, 4.69) is 34.3 Å². The van der Waals surface area contributed by atoms with Crippen LogP contribution in [0.1, 0.15) is 24.0 Å². The Bertz CT molecular complexity index is 1240. The Morgan fingerprint density at radius 3 is 2.58 bits per heavy atom. The number of benzene rings is 2. The standard InChI is InChI=1S/C25H25FN4O/c1-16-4-3-5-19(12-16)30-14-21(20-7-6-17(2)13-22(20)26)23-24(27-15-28-25(23)30)29-18-8-10-31-11-9-18/h3-7,12-15,18H,8-11H2,1-2H3,(H,27,28,29). The number of hydrogen-bond donors (Lipinski definition) is 1. The molecule has 0 radical (unpaired) electrons. The van der Waals surface area contributed by atoms with Gasteiger partial charge >= 0.3 is 0 Å². The highest BCUT2D eigenvalue weighted by Crippen LogP contribution is 2.37. The number of halogens is 1. The predicted octanol–water partition coefficient (Wildman–Crippen LogP) is 5.43. The summed E-state index contributed by atoms with van der Waals surface area (Å²) in [5.41, 5.74) is 5.11. The summed E-state index contributed by atoms with van der Waals surface area (Å²) in [5.74, 6) is 0.488. The monoisotopic (exact) mass is 416 g/mol. The van der Waals surface area contributed by atoms with Crippen molar-refractivity contribution >= 4 is 16.9 Å². The van der Waals surface area contributed by atoms with Crippen molar-refractivity contribution in [2.45, 2.75) is 32.7 Å². The van der Waals surface area contributed by atoms with Gasteiger partial charge < -0.3 is 14.6 Å². The number of ether oxygens (including phenoxy) is 1. The fourth-order valence-electron chi connectivity index (χ4n) is 4.22. The quantitative estimate of drug-likeness (QED) is 0.482. The molecule has 0 amide bonds. The van der Waals surface area contributed by atoms with Gasteiger partial charge in [0.25, 0.3) is 0 Å². The third-order valence-electron chi connectivity index (χ3n) is 5.84. The molecule has 0 unspecified atom stereocenters. The topological polar surface area (TPSA) is 52.0 Å². The summed E-state index contributed by atoms with van der Waals surface area (Å²) in [6.45, 7) is 5.41. The molecule has 0 aliphatic carbocycles. The molecule has 1 N–H and O–H groups in total. The SMILES string of the molecule is Cc1cccc(-n2cc(-c3ccc(C)cc3F)c3c(NC4CCOCC4)ncnc32)c1. The molecule has 1 fully saturated rings. The Labute approximate surface area is 180 Å². The van der Waals surface area contributed by atoms with Gasteiger partial charge in [0.2, 0.25) is 0 Å². The molecule has 6 heteroatoms. The zero-order chi connectivity index (χ0) is 21.4. The first-order chi connectivity index (χ1) is 15.1. The number of aryl methyl sites for hydroxylation is 2. The average molecular weight is 417 g/mol. The van der Waals surface area contributed by atoms with E-state index in [0.717, 1.165) is 65.3 Å². The van der Waals surface area contributed by atoms with Crippen LogP contribution in [-0.2, 0) is 4.74 Å². The molecule has 1 aliphatic rings. The molecule has 0 saturated carbocycles. The zero-order valence-electron chi connectivity index (χ0n) is 17.7. The van der Waals surface area contributed by atoms with Crippen molar-refractivity contribution in [3.8, 4) is 16.8 Å². The van der Waals surface area contributed by atoms with Crippen molar-refractivity contribution in [2.24, 2.45) is 0 Å². The first-order valence-corrected chi connectivity index (χ1v) is 10.6. The molecule has 2 aromatic carbocycles. The first kappa shape index (κ1) is 19.7. The molecule has 5 nitrogen and oxygen atoms in total. The molecule has 4 aromatic rings. The van der Waals surface area contributed by atoms with Gasteiger partial charge in [-0.3, -0.25) is 0 Å². The van der Waals surface area contributed by atoms with Gasteiger partial charge in [0.1, 0.15) is 18.0 Å². The van der Waals surface area contributed by atoms with Gasteiger partial charge in [-0.25, -0.2) is 14.4 Å². The minimum absolute atomic E-state index is 0.246. The summed E-state index contributed by atoms with van der Waals surface area (Å²) in [6, 6.07) is 13.8. The Balaban J connectivity index is 1.73. The van der Waals surface area contributed by atoms with Crippen LogP contribution in [-0.4, -0.2) is 33.8 Å². The van der Waals surface area contributed by atoms with Crippen LogP contribution in [0.3, 0.4) is 0 Å². The number of nitrogens with zero attached hydrogens (tertiary/aromatic N) is 3. The third kappa shape index (κ3) is 3.79. The van der Waals surface area contributed by atoms with Crippen molar-refractivity contribution in [1.29, 1.82) is 0 Å². The Morgan fingerprint density at radius 1 is 1.00 bits per heavy atom. The van der Waals surface area contributed by atoms with Gasteiger partial charge in [-0.05, 0) is 56.0 Å². The normalized spacial score (nSPS) is 14.8. The Hall–Kier alpha value is -3.25. The molecule has 158 valence electrons. The number of aromatic nitrogens is 3. The zero-order valence-corrected chi connectivity index (χ0v) is 17.7. The van der Waals surface area contributed by atoms with Crippen LogP contribution in [0.2, 0.25) is 0 Å². The van der Waals surface area contributed by atoms with E-state index in [-0.39, 0.29) is 11.9 Å². The molecule has 0 spiro atoms. The molecular weight excluding hydrogens is 391 g/mol. The van der Waals surface area contributed by atoms with E-state index in [4.69, 9.17) is 4.74 Å². The van der Waals surface area contributed by atoms with Crippen molar-refractivity contribution in [3.63, 3.8) is 0 Å². The Morgan fingerprint density at radius 2 is 1.81 bits per heavy atom. The second-order valence-corrected chi connectivity index (χ2v) is 8.19. The molecule has 1 saturated heterocycles. The van der Waals surface area contributed by atoms with E-state index in [0.29, 0.717) is 5.56 Å². The maximum absolute atomic E-state index is 15.0. The summed E-state index contributed by atoms with van der Waals surface area (Å²) in [6.07, 6.45) is 5.37. The molecule has 1 aliphatic heterocycles. The van der Waals surface area contributed by atoms with Gasteiger partial charge in [0, 0.05) is 42.3 Å². The van der Waals surface area contributed by atoms with E-state index in [1.165, 1.54) is 0 Å². The van der Waals surface area contributed by atoms with E-state index in [1.54, 1.807) is 12.4 Å². The van der Waals surface area contributed by atoms with Crippen LogP contribution in [0, 0.1) is 19.7 Å². The minimum atomic E-state index is -0.246. The van der Waals surface area contributed by atoms with E-state index in [1.807, 2.05) is 42.0 Å². The van der Waals surface area contributed by atoms with Crippen LogP contribution in [0.25, 0.3) is 27.8 Å². The number of nitrogens with one attached hydrogen (secondary N) is 1. The predicted molar refractivity (Wildman–Crippen MR) is 121 cm³/mol. The fourth-order valence-corrected chi connectivity index (χ4v) is 4.22. The second-order valence-electron chi connectivity index (χ2n) is 8.19. The Kier molecular flexibility index (Phi) is 5.16. The molecular formula is C25H25FN4O. The lowest BCUT2D eigenvalue weighted by atomic mass is 10.0. The highest BCUT2D eigenvalue weighted by atomic mass is 19.1. The van der Waals surface area contributed by atoms with Gasteiger partial charge in [-0.2, -0.15) is 0 Å². The van der Waals surface area contributed by atoms with Crippen molar-refractivity contribution in [3.05, 3.63) is 71.9 Å². The third-order valence-corrected chi connectivity index (χ3v) is 5.84. The van der Waals surface area contributed by atoms with Gasteiger partial charge in [-0.1, -0.05) is 24.3 Å². The maximum Gasteiger partial charge on any atom is 0.150 e. The number of rotatable bonds is 4. The lowest BCUT2D eigenvalue weighted by molar-refractivity contribution is 0.0904. The summed E-state index contributed by atoms with van der Waals surface area (Å²) < 4.78 is 22.6. The van der Waals surface area contributed by atoms with E-state index < -0.39 is 0 Å². The highest BCUT2D eigenvalue weighted by molar-refractivity contribution is 6.02. The lowest BCUT2D eigenvalue weighted by Crippen LogP contribution is -2.28. The van der Waals surface area contributed by atoms with Crippen molar-refractivity contribution < 1.29 is 9.13 Å². The van der Waals surface area contributed by atoms with E-state index >= 15 is 4.39 Å². The van der Waals surface area contributed by atoms with Crippen LogP contribution in [0.5, 0.6) is 0 Å². The van der Waals surface area contributed by atoms with E-state index in [9.17, 15) is 0 Å². The fraction of sp³-hybridized carbons (Fsp3) is 0.280. The van der Waals surface area contributed by atoms with Crippen molar-refractivity contribution in [1.82, 2.24) is 14.5 Å². The van der Waals surface area contributed by atoms with Crippen LogP contribution >= 0.6 is 0 Å². The molecule has 0 bridgehead atoms. The molecule has 0 atom stereocenters. The minimum Gasteiger partial charge on any atom is -0.381 e. The number of fused-ring (bicyclic) bond motifs is 1. The lowest BCUT2D eigenvalue weighted by Gasteiger charge is -2.24. The summed E-state index contributed by atoms with van der Waals surface area (Å²) >= 11 is 0. The van der Waals surface area contributed by atoms with Gasteiger partial charge in [-0.15, -0.1) is 0 Å². The molecule has 5 rings (SSSR count). The molecule has 3 heterocycles. The maximum atomic E-state index is 15.0. The number of hydrogen-bond acceptors (Lipinski definition) is 4. The smallest absolute Gasteiger partial charge is 0.150 e. The second kappa shape index (κ2) is 8.12. The first-order valence-electron chi connectivity index (χ1n) is 10.6. The van der Waals surface area contributed by atoms with Crippen LogP contribution < -0.4 is 5.32 Å². The average Bonchev–Trinajstić information content (AvgIpc) is 3.15. The van der Waals surface area contributed by atoms with Gasteiger partial charge in [0.05, 0.1) is 5.39 Å². The largest absolute Gasteiger partial charge is 0.381 e. The highest BCUT2D eigenvalue weighted by Gasteiger charge is 2.22. The molecule has 31 heavy (non-hydrogen) atoms. The molecule has 2 aromatic heterocycles. The van der Waals surface area contributed by atoms with Crippen molar-refractivity contribution in [2.75, 3.05) is 18.5 Å². The summed E-state index contributed by atoms with van der Waals surface area (Å²) in [5, 5.41) is 4.41. The summed E-state index contributed by atoms with van der Waals surface area (Å²) in [4.78, 5) is 9.16. The number of anilines is 1. The van der Waals surface area contributed by atoms with Gasteiger partial charge in [0.15, 0.2) is 5.65 Å². The van der Waals surface area contributed by atoms with Crippen LogP contribution in [0.15, 0.2) is 55.0 Å². The van der Waals surface area contributed by atoms with Crippen LogP contribution in [0.4, 0.5) is 10.2 Å².